The molecule has 2 aromatic rings. The molecule has 130 valence electrons. The number of nitrogens with zero attached hydrogens (tertiary/aromatic N) is 4. The van der Waals surface area contributed by atoms with Crippen LogP contribution in [0.15, 0.2) is 18.6 Å². The summed E-state index contributed by atoms with van der Waals surface area (Å²) in [4.78, 5) is 23.3. The van der Waals surface area contributed by atoms with Gasteiger partial charge in [0.15, 0.2) is 5.65 Å². The van der Waals surface area contributed by atoms with Crippen molar-refractivity contribution in [2.75, 3.05) is 32.8 Å². The fourth-order valence-electron chi connectivity index (χ4n) is 3.04. The number of morpholine rings is 1. The molecular weight excluding hydrogens is 306 g/mol. The van der Waals surface area contributed by atoms with Gasteiger partial charge < -0.3 is 14.6 Å². The number of aromatic nitrogens is 3. The number of hydrogen-bond acceptors (Lipinski definition) is 5. The first-order valence-electron chi connectivity index (χ1n) is 8.42. The van der Waals surface area contributed by atoms with Crippen molar-refractivity contribution >= 4 is 17.1 Å². The topological polar surface area (TPSA) is 72.3 Å². The number of aryl methyl sites for hydroxylation is 1. The number of carbonyl (C=O) groups excluding carboxylic acids is 1. The fraction of sp³-hybridized carbons (Fsp3) is 0.588. The molecule has 0 spiro atoms. The van der Waals surface area contributed by atoms with Gasteiger partial charge in [0.2, 0.25) is 0 Å². The summed E-state index contributed by atoms with van der Waals surface area (Å²) >= 11 is 0. The average molecular weight is 331 g/mol. The third kappa shape index (κ3) is 3.91. The molecule has 1 aliphatic rings. The van der Waals surface area contributed by atoms with Gasteiger partial charge in [0.25, 0.3) is 5.91 Å². The average Bonchev–Trinajstić information content (AvgIpc) is 2.93. The van der Waals surface area contributed by atoms with Crippen LogP contribution in [0.1, 0.15) is 24.2 Å². The molecule has 1 amide bonds. The van der Waals surface area contributed by atoms with E-state index in [4.69, 9.17) is 4.74 Å². The summed E-state index contributed by atoms with van der Waals surface area (Å²) in [5, 5.41) is 2.95. The second-order valence-corrected chi connectivity index (χ2v) is 6.78. The summed E-state index contributed by atoms with van der Waals surface area (Å²) in [6.45, 7) is 8.54. The van der Waals surface area contributed by atoms with E-state index in [-0.39, 0.29) is 12.0 Å². The Morgan fingerprint density at radius 2 is 2.29 bits per heavy atom. The Hall–Kier alpha value is -1.99. The number of imidazole rings is 1. The second kappa shape index (κ2) is 7.27. The number of amides is 1. The highest BCUT2D eigenvalue weighted by Gasteiger charge is 2.21. The maximum absolute atomic E-state index is 12.3. The lowest BCUT2D eigenvalue weighted by molar-refractivity contribution is -0.0295. The minimum Gasteiger partial charge on any atom is -0.374 e. The Morgan fingerprint density at radius 1 is 1.46 bits per heavy atom. The molecule has 1 atom stereocenters. The molecule has 1 aliphatic heterocycles. The SMILES string of the molecule is CC(C)CN1CCO[C@@H](CNC(=O)c2cnc3c(c2)ncn3C)C1. The molecule has 3 rings (SSSR count). The van der Waals surface area contributed by atoms with Crippen LogP contribution in [0.3, 0.4) is 0 Å². The van der Waals surface area contributed by atoms with E-state index < -0.39 is 0 Å². The lowest BCUT2D eigenvalue weighted by atomic mass is 10.1. The van der Waals surface area contributed by atoms with Gasteiger partial charge in [0.1, 0.15) is 5.52 Å². The zero-order chi connectivity index (χ0) is 17.1. The maximum Gasteiger partial charge on any atom is 0.253 e. The summed E-state index contributed by atoms with van der Waals surface area (Å²) in [5.41, 5.74) is 2.02. The predicted octanol–water partition coefficient (Wildman–Crippen LogP) is 1.05. The van der Waals surface area contributed by atoms with E-state index >= 15 is 0 Å². The van der Waals surface area contributed by atoms with Gasteiger partial charge in [-0.3, -0.25) is 9.69 Å². The van der Waals surface area contributed by atoms with E-state index in [1.807, 2.05) is 11.6 Å². The molecule has 1 N–H and O–H groups in total. The van der Waals surface area contributed by atoms with E-state index in [1.165, 1.54) is 0 Å². The van der Waals surface area contributed by atoms with Crippen molar-refractivity contribution in [3.63, 3.8) is 0 Å². The summed E-state index contributed by atoms with van der Waals surface area (Å²) in [6, 6.07) is 1.77. The minimum atomic E-state index is -0.139. The van der Waals surface area contributed by atoms with Crippen LogP contribution in [0.25, 0.3) is 11.2 Å². The monoisotopic (exact) mass is 331 g/mol. The van der Waals surface area contributed by atoms with Crippen LogP contribution < -0.4 is 5.32 Å². The van der Waals surface area contributed by atoms with E-state index in [2.05, 4.69) is 34.0 Å². The zero-order valence-corrected chi connectivity index (χ0v) is 14.5. The number of rotatable bonds is 5. The van der Waals surface area contributed by atoms with Gasteiger partial charge in [0, 0.05) is 39.4 Å². The highest BCUT2D eigenvalue weighted by atomic mass is 16.5. The molecule has 0 unspecified atom stereocenters. The van der Waals surface area contributed by atoms with E-state index in [0.29, 0.717) is 24.6 Å². The van der Waals surface area contributed by atoms with Gasteiger partial charge >= 0.3 is 0 Å². The van der Waals surface area contributed by atoms with Crippen molar-refractivity contribution in [2.24, 2.45) is 13.0 Å². The second-order valence-electron chi connectivity index (χ2n) is 6.78. The quantitative estimate of drug-likeness (QED) is 0.887. The van der Waals surface area contributed by atoms with Gasteiger partial charge in [0.05, 0.1) is 24.6 Å². The van der Waals surface area contributed by atoms with Crippen molar-refractivity contribution in [1.82, 2.24) is 24.8 Å². The van der Waals surface area contributed by atoms with Crippen LogP contribution in [0.4, 0.5) is 0 Å². The van der Waals surface area contributed by atoms with Crippen molar-refractivity contribution in [3.05, 3.63) is 24.2 Å². The van der Waals surface area contributed by atoms with Crippen LogP contribution >= 0.6 is 0 Å². The number of carbonyl (C=O) groups is 1. The lowest BCUT2D eigenvalue weighted by Crippen LogP contribution is -2.48. The van der Waals surface area contributed by atoms with E-state index in [1.54, 1.807) is 18.6 Å². The van der Waals surface area contributed by atoms with Gasteiger partial charge in [-0.1, -0.05) is 13.8 Å². The predicted molar refractivity (Wildman–Crippen MR) is 91.9 cm³/mol. The van der Waals surface area contributed by atoms with E-state index in [0.717, 1.165) is 30.8 Å². The van der Waals surface area contributed by atoms with Crippen molar-refractivity contribution in [2.45, 2.75) is 20.0 Å². The highest BCUT2D eigenvalue weighted by Crippen LogP contribution is 2.11. The largest absolute Gasteiger partial charge is 0.374 e. The molecule has 0 aliphatic carbocycles. The van der Waals surface area contributed by atoms with Crippen molar-refractivity contribution in [1.29, 1.82) is 0 Å². The molecule has 0 radical (unpaired) electrons. The summed E-state index contributed by atoms with van der Waals surface area (Å²) in [5.74, 6) is 0.495. The Bertz CT molecular complexity index is 712. The molecule has 7 heteroatoms. The normalized spacial score (nSPS) is 19.1. The Balaban J connectivity index is 1.56. The third-order valence-corrected chi connectivity index (χ3v) is 4.15. The van der Waals surface area contributed by atoms with Crippen molar-refractivity contribution in [3.8, 4) is 0 Å². The fourth-order valence-corrected chi connectivity index (χ4v) is 3.04. The Labute approximate surface area is 142 Å². The van der Waals surface area contributed by atoms with Gasteiger partial charge in [-0.25, -0.2) is 9.97 Å². The molecule has 24 heavy (non-hydrogen) atoms. The van der Waals surface area contributed by atoms with Gasteiger partial charge in [-0.2, -0.15) is 0 Å². The first-order valence-corrected chi connectivity index (χ1v) is 8.42. The number of nitrogens with one attached hydrogen (secondary N) is 1. The number of ether oxygens (including phenoxy) is 1. The zero-order valence-electron chi connectivity index (χ0n) is 14.5. The van der Waals surface area contributed by atoms with Crippen LogP contribution in [-0.2, 0) is 11.8 Å². The van der Waals surface area contributed by atoms with Crippen LogP contribution in [0.2, 0.25) is 0 Å². The summed E-state index contributed by atoms with van der Waals surface area (Å²) in [6.07, 6.45) is 3.32. The minimum absolute atomic E-state index is 0.0352. The molecule has 2 aromatic heterocycles. The van der Waals surface area contributed by atoms with Crippen LogP contribution in [0.5, 0.6) is 0 Å². The number of pyridine rings is 1. The Morgan fingerprint density at radius 3 is 3.08 bits per heavy atom. The molecule has 3 heterocycles. The van der Waals surface area contributed by atoms with Crippen LogP contribution in [-0.4, -0.2) is 64.2 Å². The molecule has 0 aromatic carbocycles. The number of hydrogen-bond donors (Lipinski definition) is 1. The molecular formula is C17H25N5O2. The molecule has 1 fully saturated rings. The standard InChI is InChI=1S/C17H25N5O2/c1-12(2)9-22-4-5-24-14(10-22)8-19-17(23)13-6-15-16(18-7-13)21(3)11-20-15/h6-7,11-12,14H,4-5,8-10H2,1-3H3,(H,19,23)/t14-/m0/s1. The highest BCUT2D eigenvalue weighted by molar-refractivity contribution is 5.96. The molecule has 7 nitrogen and oxygen atoms in total. The third-order valence-electron chi connectivity index (χ3n) is 4.15. The van der Waals surface area contributed by atoms with Crippen LogP contribution in [0, 0.1) is 5.92 Å². The smallest absolute Gasteiger partial charge is 0.253 e. The Kier molecular flexibility index (Phi) is 5.11. The van der Waals surface area contributed by atoms with Gasteiger partial charge in [-0.15, -0.1) is 0 Å². The number of fused-ring (bicyclic) bond motifs is 1. The molecule has 1 saturated heterocycles. The summed E-state index contributed by atoms with van der Waals surface area (Å²) in [7, 11) is 1.88. The lowest BCUT2D eigenvalue weighted by Gasteiger charge is -2.33. The first kappa shape index (κ1) is 16.9. The van der Waals surface area contributed by atoms with Gasteiger partial charge in [-0.05, 0) is 12.0 Å². The van der Waals surface area contributed by atoms with Crippen molar-refractivity contribution < 1.29 is 9.53 Å². The maximum atomic E-state index is 12.3. The molecule has 0 bridgehead atoms. The van der Waals surface area contributed by atoms with E-state index in [9.17, 15) is 4.79 Å². The molecule has 0 saturated carbocycles. The summed E-state index contributed by atoms with van der Waals surface area (Å²) < 4.78 is 7.59. The first-order chi connectivity index (χ1) is 11.5.